The van der Waals surface area contributed by atoms with E-state index in [0.29, 0.717) is 6.04 Å². The van der Waals surface area contributed by atoms with Gasteiger partial charge in [-0.1, -0.05) is 19.3 Å². The lowest BCUT2D eigenvalue weighted by Gasteiger charge is -2.49. The molecular formula is C19H31N5O. The van der Waals surface area contributed by atoms with Gasteiger partial charge in [-0.2, -0.15) is 5.10 Å². The van der Waals surface area contributed by atoms with Crippen LogP contribution in [0.1, 0.15) is 37.7 Å². The van der Waals surface area contributed by atoms with Crippen molar-refractivity contribution in [3.63, 3.8) is 0 Å². The van der Waals surface area contributed by atoms with Gasteiger partial charge in [0.1, 0.15) is 0 Å². The first kappa shape index (κ1) is 17.2. The van der Waals surface area contributed by atoms with Crippen LogP contribution in [-0.4, -0.2) is 75.8 Å². The SMILES string of the molecule is Cn1nccc(CN2CC(N3CCN(C4CCCCC4)CC3)C2)c1=O. The van der Waals surface area contributed by atoms with E-state index in [0.717, 1.165) is 31.2 Å². The van der Waals surface area contributed by atoms with E-state index in [2.05, 4.69) is 19.8 Å². The number of aryl methyl sites for hydroxylation is 1. The summed E-state index contributed by atoms with van der Waals surface area (Å²) in [5.41, 5.74) is 0.894. The highest BCUT2D eigenvalue weighted by atomic mass is 16.1. The molecule has 6 nitrogen and oxygen atoms in total. The van der Waals surface area contributed by atoms with Gasteiger partial charge >= 0.3 is 0 Å². The van der Waals surface area contributed by atoms with E-state index in [1.807, 2.05) is 6.07 Å². The van der Waals surface area contributed by atoms with Crippen LogP contribution in [0.15, 0.2) is 17.1 Å². The zero-order valence-electron chi connectivity index (χ0n) is 15.4. The van der Waals surface area contributed by atoms with Crippen LogP contribution in [0.25, 0.3) is 0 Å². The molecule has 0 spiro atoms. The normalized spacial score (nSPS) is 25.2. The quantitative estimate of drug-likeness (QED) is 0.812. The highest BCUT2D eigenvalue weighted by Gasteiger charge is 2.34. The number of likely N-dealkylation sites (tertiary alicyclic amines) is 1. The maximum Gasteiger partial charge on any atom is 0.270 e. The van der Waals surface area contributed by atoms with Crippen LogP contribution in [0, 0.1) is 0 Å². The van der Waals surface area contributed by atoms with Crippen molar-refractivity contribution in [3.05, 3.63) is 28.2 Å². The van der Waals surface area contributed by atoms with Gasteiger partial charge in [0, 0.05) is 76.7 Å². The van der Waals surface area contributed by atoms with Gasteiger partial charge in [0.25, 0.3) is 5.56 Å². The van der Waals surface area contributed by atoms with Gasteiger partial charge in [0.2, 0.25) is 0 Å². The summed E-state index contributed by atoms with van der Waals surface area (Å²) in [6, 6.07) is 3.40. The van der Waals surface area contributed by atoms with Gasteiger partial charge in [-0.05, 0) is 18.9 Å². The van der Waals surface area contributed by atoms with Crippen LogP contribution < -0.4 is 5.56 Å². The van der Waals surface area contributed by atoms with Crippen LogP contribution in [0.2, 0.25) is 0 Å². The molecule has 0 aromatic carbocycles. The summed E-state index contributed by atoms with van der Waals surface area (Å²) in [6.45, 7) is 7.85. The first-order valence-electron chi connectivity index (χ1n) is 9.92. The lowest BCUT2D eigenvalue weighted by molar-refractivity contribution is -0.0106. The fourth-order valence-electron chi connectivity index (χ4n) is 4.73. The van der Waals surface area contributed by atoms with Gasteiger partial charge < -0.3 is 0 Å². The molecule has 0 amide bonds. The number of aromatic nitrogens is 2. The summed E-state index contributed by atoms with van der Waals surface area (Å²) in [6.07, 6.45) is 8.84. The molecule has 3 heterocycles. The Morgan fingerprint density at radius 1 is 1.00 bits per heavy atom. The molecule has 3 fully saturated rings. The Morgan fingerprint density at radius 2 is 1.64 bits per heavy atom. The maximum absolute atomic E-state index is 12.1. The predicted molar refractivity (Wildman–Crippen MR) is 98.6 cm³/mol. The molecule has 2 saturated heterocycles. The molecule has 1 aromatic heterocycles. The Hall–Kier alpha value is -1.24. The van der Waals surface area contributed by atoms with E-state index in [9.17, 15) is 4.79 Å². The summed E-state index contributed by atoms with van der Waals surface area (Å²) in [7, 11) is 1.72. The third-order valence-electron chi connectivity index (χ3n) is 6.37. The molecule has 138 valence electrons. The fourth-order valence-corrected chi connectivity index (χ4v) is 4.73. The molecule has 4 rings (SSSR count). The standard InChI is InChI=1S/C19H31N5O/c1-21-19(25)16(7-8-20-21)13-22-14-18(15-22)24-11-9-23(10-12-24)17-5-3-2-4-6-17/h7-8,17-18H,2-6,9-15H2,1H3. The molecule has 0 radical (unpaired) electrons. The smallest absolute Gasteiger partial charge is 0.270 e. The number of nitrogens with zero attached hydrogens (tertiary/aromatic N) is 5. The van der Waals surface area contributed by atoms with Gasteiger partial charge in [0.15, 0.2) is 0 Å². The van der Waals surface area contributed by atoms with E-state index in [1.165, 1.54) is 63.0 Å². The van der Waals surface area contributed by atoms with Crippen molar-refractivity contribution in [2.45, 2.75) is 50.7 Å². The third-order valence-corrected chi connectivity index (χ3v) is 6.37. The molecule has 25 heavy (non-hydrogen) atoms. The topological polar surface area (TPSA) is 44.6 Å². The van der Waals surface area contributed by atoms with E-state index >= 15 is 0 Å². The van der Waals surface area contributed by atoms with E-state index in [-0.39, 0.29) is 5.56 Å². The second-order valence-electron chi connectivity index (χ2n) is 8.00. The summed E-state index contributed by atoms with van der Waals surface area (Å²) < 4.78 is 1.43. The zero-order valence-corrected chi connectivity index (χ0v) is 15.4. The molecule has 0 N–H and O–H groups in total. The molecule has 1 saturated carbocycles. The van der Waals surface area contributed by atoms with Crippen LogP contribution in [0.3, 0.4) is 0 Å². The lowest BCUT2D eigenvalue weighted by atomic mass is 9.93. The van der Waals surface area contributed by atoms with Crippen LogP contribution in [0.5, 0.6) is 0 Å². The summed E-state index contributed by atoms with van der Waals surface area (Å²) >= 11 is 0. The van der Waals surface area contributed by atoms with Crippen molar-refractivity contribution in [2.24, 2.45) is 7.05 Å². The predicted octanol–water partition coefficient (Wildman–Crippen LogP) is 0.915. The minimum Gasteiger partial charge on any atom is -0.298 e. The minimum atomic E-state index is 0.0343. The molecule has 2 aliphatic heterocycles. The molecule has 3 aliphatic rings. The molecule has 0 unspecified atom stereocenters. The van der Waals surface area contributed by atoms with E-state index in [1.54, 1.807) is 13.2 Å². The van der Waals surface area contributed by atoms with Crippen molar-refractivity contribution < 1.29 is 0 Å². The molecule has 0 atom stereocenters. The first-order chi connectivity index (χ1) is 12.2. The summed E-state index contributed by atoms with van der Waals surface area (Å²) in [4.78, 5) is 19.9. The maximum atomic E-state index is 12.1. The van der Waals surface area contributed by atoms with Gasteiger partial charge in [-0.25, -0.2) is 4.68 Å². The highest BCUT2D eigenvalue weighted by Crippen LogP contribution is 2.25. The van der Waals surface area contributed by atoms with Crippen molar-refractivity contribution in [1.29, 1.82) is 0 Å². The summed E-state index contributed by atoms with van der Waals surface area (Å²) in [5.74, 6) is 0. The van der Waals surface area contributed by atoms with Crippen LogP contribution in [-0.2, 0) is 13.6 Å². The molecule has 1 aliphatic carbocycles. The van der Waals surface area contributed by atoms with Gasteiger partial charge in [0.05, 0.1) is 0 Å². The average molecular weight is 345 g/mol. The van der Waals surface area contributed by atoms with E-state index in [4.69, 9.17) is 0 Å². The number of rotatable bonds is 4. The molecule has 6 heteroatoms. The highest BCUT2D eigenvalue weighted by molar-refractivity contribution is 5.08. The Labute approximate surface area is 150 Å². The van der Waals surface area contributed by atoms with Crippen molar-refractivity contribution in [1.82, 2.24) is 24.5 Å². The fraction of sp³-hybridized carbons (Fsp3) is 0.789. The second-order valence-corrected chi connectivity index (χ2v) is 8.00. The third kappa shape index (κ3) is 3.81. The summed E-state index contributed by atoms with van der Waals surface area (Å²) in [5, 5.41) is 4.00. The largest absolute Gasteiger partial charge is 0.298 e. The molecule has 1 aromatic rings. The molecule has 0 bridgehead atoms. The van der Waals surface area contributed by atoms with Crippen molar-refractivity contribution >= 4 is 0 Å². The number of hydrogen-bond donors (Lipinski definition) is 0. The zero-order chi connectivity index (χ0) is 17.2. The second kappa shape index (κ2) is 7.56. The van der Waals surface area contributed by atoms with E-state index < -0.39 is 0 Å². The van der Waals surface area contributed by atoms with Crippen molar-refractivity contribution in [2.75, 3.05) is 39.3 Å². The monoisotopic (exact) mass is 345 g/mol. The molecular weight excluding hydrogens is 314 g/mol. The Morgan fingerprint density at radius 3 is 2.32 bits per heavy atom. The first-order valence-corrected chi connectivity index (χ1v) is 9.92. The van der Waals surface area contributed by atoms with Crippen LogP contribution >= 0.6 is 0 Å². The Bertz CT molecular complexity index is 625. The Balaban J connectivity index is 1.22. The Kier molecular flexibility index (Phi) is 5.20. The number of piperazine rings is 1. The average Bonchev–Trinajstić information content (AvgIpc) is 2.62. The number of hydrogen-bond acceptors (Lipinski definition) is 5. The minimum absolute atomic E-state index is 0.0343. The van der Waals surface area contributed by atoms with Gasteiger partial charge in [-0.3, -0.25) is 19.5 Å². The lowest BCUT2D eigenvalue weighted by Crippen LogP contribution is -2.63. The van der Waals surface area contributed by atoms with Crippen LogP contribution in [0.4, 0.5) is 0 Å². The van der Waals surface area contributed by atoms with Crippen molar-refractivity contribution in [3.8, 4) is 0 Å². The van der Waals surface area contributed by atoms with Gasteiger partial charge in [-0.15, -0.1) is 0 Å².